The molecule has 0 aliphatic heterocycles. The molecule has 25 heavy (non-hydrogen) atoms. The number of nitrogens with one attached hydrogen (secondary N) is 1. The van der Waals surface area contributed by atoms with Crippen molar-refractivity contribution in [3.05, 3.63) is 70.3 Å². The lowest BCUT2D eigenvalue weighted by Crippen LogP contribution is -2.36. The Bertz CT molecular complexity index is 927. The van der Waals surface area contributed by atoms with Gasteiger partial charge in [-0.1, -0.05) is 37.3 Å². The molecule has 0 spiro atoms. The first-order chi connectivity index (χ1) is 12.1. The van der Waals surface area contributed by atoms with Crippen LogP contribution in [0.4, 0.5) is 0 Å². The second-order valence-electron chi connectivity index (χ2n) is 5.77. The third-order valence-corrected chi connectivity index (χ3v) is 4.09. The van der Waals surface area contributed by atoms with Crippen LogP contribution in [0.1, 0.15) is 24.1 Å². The highest BCUT2D eigenvalue weighted by Crippen LogP contribution is 2.14. The minimum Gasteiger partial charge on any atom is -0.394 e. The first-order valence-electron chi connectivity index (χ1n) is 8.15. The lowest BCUT2D eigenvalue weighted by Gasteiger charge is -2.17. The van der Waals surface area contributed by atoms with Gasteiger partial charge in [0, 0.05) is 6.20 Å². The Morgan fingerprint density at radius 2 is 2.00 bits per heavy atom. The van der Waals surface area contributed by atoms with E-state index in [0.29, 0.717) is 5.65 Å². The van der Waals surface area contributed by atoms with Crippen molar-refractivity contribution >= 4 is 11.6 Å². The van der Waals surface area contributed by atoms with Crippen LogP contribution >= 0.6 is 0 Å². The molecule has 1 aromatic carbocycles. The van der Waals surface area contributed by atoms with Crippen LogP contribution in [-0.2, 0) is 17.8 Å². The maximum absolute atomic E-state index is 12.3. The summed E-state index contributed by atoms with van der Waals surface area (Å²) in [4.78, 5) is 24.5. The van der Waals surface area contributed by atoms with Gasteiger partial charge in [-0.3, -0.25) is 9.20 Å². The van der Waals surface area contributed by atoms with E-state index in [2.05, 4.69) is 17.3 Å². The molecule has 1 atom stereocenters. The van der Waals surface area contributed by atoms with Crippen molar-refractivity contribution in [2.24, 2.45) is 0 Å². The van der Waals surface area contributed by atoms with Crippen molar-refractivity contribution in [1.29, 1.82) is 0 Å². The fourth-order valence-corrected chi connectivity index (χ4v) is 2.67. The molecule has 7 heteroatoms. The van der Waals surface area contributed by atoms with Crippen molar-refractivity contribution in [3.8, 4) is 0 Å². The highest BCUT2D eigenvalue weighted by atomic mass is 16.3. The van der Waals surface area contributed by atoms with E-state index in [4.69, 9.17) is 0 Å². The fourth-order valence-electron chi connectivity index (χ4n) is 2.67. The zero-order valence-electron chi connectivity index (χ0n) is 13.9. The van der Waals surface area contributed by atoms with Gasteiger partial charge in [0.05, 0.1) is 12.6 Å². The van der Waals surface area contributed by atoms with Crippen LogP contribution < -0.4 is 11.0 Å². The van der Waals surface area contributed by atoms with Crippen LogP contribution in [0.25, 0.3) is 5.65 Å². The maximum Gasteiger partial charge on any atom is 0.350 e. The monoisotopic (exact) mass is 340 g/mol. The first kappa shape index (κ1) is 16.9. The third kappa shape index (κ3) is 3.61. The van der Waals surface area contributed by atoms with Gasteiger partial charge in [0.15, 0.2) is 5.65 Å². The van der Waals surface area contributed by atoms with Gasteiger partial charge in [0.2, 0.25) is 5.91 Å². The highest BCUT2D eigenvalue weighted by Gasteiger charge is 2.16. The largest absolute Gasteiger partial charge is 0.394 e. The Hall–Kier alpha value is -2.93. The van der Waals surface area contributed by atoms with Crippen molar-refractivity contribution < 1.29 is 9.90 Å². The molecule has 0 aliphatic carbocycles. The summed E-state index contributed by atoms with van der Waals surface area (Å²) in [5.41, 5.74) is 2.10. The van der Waals surface area contributed by atoms with E-state index < -0.39 is 6.04 Å². The number of hydrogen-bond acceptors (Lipinski definition) is 4. The zero-order valence-corrected chi connectivity index (χ0v) is 13.9. The summed E-state index contributed by atoms with van der Waals surface area (Å²) >= 11 is 0. The van der Waals surface area contributed by atoms with Crippen LogP contribution in [0, 0.1) is 0 Å². The average molecular weight is 340 g/mol. The van der Waals surface area contributed by atoms with Crippen LogP contribution in [0.15, 0.2) is 53.5 Å². The molecule has 130 valence electrons. The van der Waals surface area contributed by atoms with Crippen LogP contribution in [-0.4, -0.2) is 31.8 Å². The minimum absolute atomic E-state index is 0.204. The van der Waals surface area contributed by atoms with Crippen molar-refractivity contribution in [1.82, 2.24) is 19.5 Å². The summed E-state index contributed by atoms with van der Waals surface area (Å²) in [6.45, 7) is 1.63. The molecule has 1 unspecified atom stereocenters. The number of pyridine rings is 1. The van der Waals surface area contributed by atoms with E-state index >= 15 is 0 Å². The van der Waals surface area contributed by atoms with E-state index in [-0.39, 0.29) is 24.7 Å². The Morgan fingerprint density at radius 1 is 1.24 bits per heavy atom. The Labute approximate surface area is 144 Å². The summed E-state index contributed by atoms with van der Waals surface area (Å²) < 4.78 is 2.49. The number of nitrogens with zero attached hydrogens (tertiary/aromatic N) is 3. The third-order valence-electron chi connectivity index (χ3n) is 4.09. The van der Waals surface area contributed by atoms with Crippen molar-refractivity contribution in [3.63, 3.8) is 0 Å². The first-order valence-corrected chi connectivity index (χ1v) is 8.15. The zero-order chi connectivity index (χ0) is 17.8. The molecule has 0 saturated heterocycles. The normalized spacial score (nSPS) is 12.2. The number of carbonyl (C=O) groups excluding carboxylic acids is 1. The molecule has 3 aromatic rings. The molecule has 0 radical (unpaired) electrons. The van der Waals surface area contributed by atoms with Crippen LogP contribution in [0.3, 0.4) is 0 Å². The number of carbonyl (C=O) groups is 1. The maximum atomic E-state index is 12.3. The number of rotatable bonds is 6. The van der Waals surface area contributed by atoms with Gasteiger partial charge in [0.1, 0.15) is 6.54 Å². The number of amides is 1. The molecule has 7 nitrogen and oxygen atoms in total. The number of hydrogen-bond donors (Lipinski definition) is 2. The predicted molar refractivity (Wildman–Crippen MR) is 93.2 cm³/mol. The smallest absolute Gasteiger partial charge is 0.350 e. The van der Waals surface area contributed by atoms with Crippen LogP contribution in [0.2, 0.25) is 0 Å². The van der Waals surface area contributed by atoms with Gasteiger partial charge in [-0.05, 0) is 29.7 Å². The molecule has 0 fully saturated rings. The molecule has 2 heterocycles. The molecule has 3 rings (SSSR count). The molecule has 1 amide bonds. The van der Waals surface area contributed by atoms with Gasteiger partial charge in [-0.2, -0.15) is 0 Å². The van der Waals surface area contributed by atoms with E-state index in [1.807, 2.05) is 24.3 Å². The number of benzene rings is 1. The van der Waals surface area contributed by atoms with E-state index in [0.717, 1.165) is 16.7 Å². The lowest BCUT2D eigenvalue weighted by atomic mass is 10.0. The van der Waals surface area contributed by atoms with Crippen molar-refractivity contribution in [2.45, 2.75) is 25.9 Å². The fraction of sp³-hybridized carbons (Fsp3) is 0.278. The quantitative estimate of drug-likeness (QED) is 0.698. The molecular formula is C18H20N4O3. The Morgan fingerprint density at radius 3 is 2.64 bits per heavy atom. The second-order valence-corrected chi connectivity index (χ2v) is 5.77. The van der Waals surface area contributed by atoms with Gasteiger partial charge in [0.25, 0.3) is 0 Å². The molecule has 0 aliphatic rings. The highest BCUT2D eigenvalue weighted by molar-refractivity contribution is 5.76. The topological polar surface area (TPSA) is 88.6 Å². The van der Waals surface area contributed by atoms with E-state index in [1.54, 1.807) is 24.4 Å². The van der Waals surface area contributed by atoms with Gasteiger partial charge >= 0.3 is 5.69 Å². The van der Waals surface area contributed by atoms with Gasteiger partial charge < -0.3 is 10.4 Å². The number of fused-ring (bicyclic) bond motifs is 1. The minimum atomic E-state index is -0.522. The number of aliphatic hydroxyl groups excluding tert-OH is 1. The van der Waals surface area contributed by atoms with E-state index in [9.17, 15) is 14.7 Å². The summed E-state index contributed by atoms with van der Waals surface area (Å²) in [6, 6.07) is 12.4. The summed E-state index contributed by atoms with van der Waals surface area (Å²) in [7, 11) is 0. The SMILES string of the molecule is CCc1ccc(C(CO)NC(=O)Cn2nc3ccccn3c2=O)cc1. The van der Waals surface area contributed by atoms with Crippen LogP contribution in [0.5, 0.6) is 0 Å². The molecule has 2 N–H and O–H groups in total. The molecule has 0 saturated carbocycles. The lowest BCUT2D eigenvalue weighted by molar-refractivity contribution is -0.123. The summed E-state index contributed by atoms with van der Waals surface area (Å²) in [5, 5.41) is 16.5. The predicted octanol–water partition coefficient (Wildman–Crippen LogP) is 0.908. The Kier molecular flexibility index (Phi) is 4.95. The average Bonchev–Trinajstić information content (AvgIpc) is 2.96. The standard InChI is InChI=1S/C18H20N4O3/c1-2-13-6-8-14(9-7-13)15(12-23)19-17(24)11-22-18(25)21-10-4-3-5-16(21)20-22/h3-10,15,23H,2,11-12H2,1H3,(H,19,24). The van der Waals surface area contributed by atoms with E-state index in [1.165, 1.54) is 9.96 Å². The second kappa shape index (κ2) is 7.31. The van der Waals surface area contributed by atoms with Crippen molar-refractivity contribution in [2.75, 3.05) is 6.61 Å². The Balaban J connectivity index is 1.73. The molecule has 2 aromatic heterocycles. The molecular weight excluding hydrogens is 320 g/mol. The number of aliphatic hydroxyl groups is 1. The number of aromatic nitrogens is 3. The number of aryl methyl sites for hydroxylation is 1. The van der Waals surface area contributed by atoms with Gasteiger partial charge in [-0.15, -0.1) is 5.10 Å². The summed E-state index contributed by atoms with van der Waals surface area (Å²) in [6.07, 6.45) is 2.53. The van der Waals surface area contributed by atoms with Gasteiger partial charge in [-0.25, -0.2) is 9.48 Å². The molecule has 0 bridgehead atoms. The summed E-state index contributed by atoms with van der Waals surface area (Å²) in [5.74, 6) is -0.385.